The number of nitrogens with one attached hydrogen (secondary N) is 1. The van der Waals surface area contributed by atoms with Crippen molar-refractivity contribution in [2.75, 3.05) is 33.0 Å². The van der Waals surface area contributed by atoms with E-state index in [4.69, 9.17) is 33.7 Å². The molecule has 1 saturated carbocycles. The number of rotatable bonds is 21. The molecule has 7 atom stereocenters. The Kier molecular flexibility index (Phi) is 16.9. The number of carbonyl (C=O) groups excluding carboxylic acids is 2. The second-order valence-electron chi connectivity index (χ2n) is 17.1. The van der Waals surface area contributed by atoms with Crippen LogP contribution in [0.5, 0.6) is 11.5 Å². The molecule has 0 spiro atoms. The number of benzene rings is 3. The molecule has 2 aliphatic heterocycles. The average Bonchev–Trinajstić information content (AvgIpc) is 3.32. The number of carbonyl (C=O) groups is 2. The molecule has 0 radical (unpaired) electrons. The van der Waals surface area contributed by atoms with Crippen LogP contribution in [-0.2, 0) is 32.2 Å². The zero-order chi connectivity index (χ0) is 44.7. The highest BCUT2D eigenvalue weighted by Crippen LogP contribution is 2.62. The van der Waals surface area contributed by atoms with Gasteiger partial charge in [-0.05, 0) is 91.7 Å². The normalized spacial score (nSPS) is 25.2. The SMILES string of the molecule is C=CCOC12Oc3ccc(OC(=O)NCc4ccccc4)cc3C3C(CCCCO)C(CCCCO)C=C(C(=NOC4CCCCO4)CC1N(CCC)C(=O)OCc1ccccc1)C32. The molecular weight excluding hydrogens is 815 g/mol. The number of allylic oxidation sites excluding steroid dienone is 1. The fraction of sp³-hybridized carbons (Fsp3) is 0.510. The molecular formula is C51H65N3O10. The summed E-state index contributed by atoms with van der Waals surface area (Å²) in [6, 6.07) is 23.9. The van der Waals surface area contributed by atoms with Gasteiger partial charge in [0.05, 0.1) is 24.8 Å². The number of hydrogen-bond acceptors (Lipinski definition) is 11. The minimum absolute atomic E-state index is 0.0113. The van der Waals surface area contributed by atoms with Gasteiger partial charge in [0.25, 0.3) is 0 Å². The van der Waals surface area contributed by atoms with E-state index in [0.717, 1.165) is 60.8 Å². The van der Waals surface area contributed by atoms with E-state index in [1.807, 2.05) is 79.7 Å². The number of hydrogen-bond donors (Lipinski definition) is 3. The first kappa shape index (κ1) is 46.8. The summed E-state index contributed by atoms with van der Waals surface area (Å²) in [5, 5.41) is 27.7. The van der Waals surface area contributed by atoms with Crippen LogP contribution in [0, 0.1) is 17.8 Å². The molecule has 344 valence electrons. The Hall–Kier alpha value is -5.21. The molecule has 2 heterocycles. The highest BCUT2D eigenvalue weighted by molar-refractivity contribution is 6.03. The average molecular weight is 880 g/mol. The van der Waals surface area contributed by atoms with E-state index in [9.17, 15) is 19.8 Å². The first-order valence-electron chi connectivity index (χ1n) is 23.2. The van der Waals surface area contributed by atoms with Gasteiger partial charge in [-0.2, -0.15) is 0 Å². The van der Waals surface area contributed by atoms with Crippen molar-refractivity contribution in [1.82, 2.24) is 10.2 Å². The maximum atomic E-state index is 14.6. The molecule has 7 unspecified atom stereocenters. The second-order valence-corrected chi connectivity index (χ2v) is 17.1. The van der Waals surface area contributed by atoms with Crippen molar-refractivity contribution in [3.8, 4) is 11.5 Å². The van der Waals surface area contributed by atoms with E-state index in [2.05, 4.69) is 18.0 Å². The predicted octanol–water partition coefficient (Wildman–Crippen LogP) is 9.18. The van der Waals surface area contributed by atoms with Gasteiger partial charge in [0.15, 0.2) is 0 Å². The number of aliphatic hydroxyl groups is 2. The highest BCUT2D eigenvalue weighted by Gasteiger charge is 2.65. The first-order valence-corrected chi connectivity index (χ1v) is 23.2. The molecule has 4 aliphatic rings. The van der Waals surface area contributed by atoms with Gasteiger partial charge >= 0.3 is 12.2 Å². The number of unbranched alkanes of at least 4 members (excludes halogenated alkanes) is 2. The Balaban J connectivity index is 1.37. The predicted molar refractivity (Wildman–Crippen MR) is 243 cm³/mol. The molecule has 13 nitrogen and oxygen atoms in total. The van der Waals surface area contributed by atoms with E-state index in [0.29, 0.717) is 62.6 Å². The minimum Gasteiger partial charge on any atom is -0.459 e. The number of fused-ring (bicyclic) bond motifs is 2. The van der Waals surface area contributed by atoms with Crippen LogP contribution in [0.1, 0.15) is 100 Å². The van der Waals surface area contributed by atoms with Crippen LogP contribution >= 0.6 is 0 Å². The maximum absolute atomic E-state index is 14.6. The van der Waals surface area contributed by atoms with Crippen molar-refractivity contribution in [3.05, 3.63) is 120 Å². The first-order chi connectivity index (χ1) is 31.4. The Labute approximate surface area is 377 Å². The van der Waals surface area contributed by atoms with Crippen LogP contribution in [0.2, 0.25) is 0 Å². The molecule has 0 bridgehead atoms. The van der Waals surface area contributed by atoms with Crippen molar-refractivity contribution in [1.29, 1.82) is 0 Å². The summed E-state index contributed by atoms with van der Waals surface area (Å²) in [6.45, 7) is 7.65. The van der Waals surface area contributed by atoms with Crippen molar-refractivity contribution in [3.63, 3.8) is 0 Å². The standard InChI is InChI=1S/C51H65N3O10/c1-3-26-54(50(58)60-35-37-19-9-6-10-20-37)45-33-43(53-64-46-23-13-16-30-59-46)41-31-38(21-11-14-27-55)40(22-12-15-28-56)47-42-32-39(62-49(57)52-34-36-17-7-5-8-18-36)24-25-44(42)63-51(45,48(41)47)61-29-4-2/h4-10,17-20,24-25,31-32,38,40,45-48,55-56H,2-3,11-16,21-23,26-30,33-35H2,1H3,(H,52,57). The lowest BCUT2D eigenvalue weighted by molar-refractivity contribution is -0.255. The Morgan fingerprint density at radius 3 is 2.42 bits per heavy atom. The largest absolute Gasteiger partial charge is 0.459 e. The smallest absolute Gasteiger partial charge is 0.412 e. The number of nitrogens with zero attached hydrogens (tertiary/aromatic N) is 2. The molecule has 2 aliphatic carbocycles. The summed E-state index contributed by atoms with van der Waals surface area (Å²) in [7, 11) is 0. The van der Waals surface area contributed by atoms with Crippen LogP contribution < -0.4 is 14.8 Å². The van der Waals surface area contributed by atoms with E-state index < -0.39 is 36.2 Å². The van der Waals surface area contributed by atoms with Gasteiger partial charge in [-0.3, -0.25) is 4.90 Å². The summed E-state index contributed by atoms with van der Waals surface area (Å²) < 4.78 is 32.4. The molecule has 3 aromatic rings. The lowest BCUT2D eigenvalue weighted by Gasteiger charge is -2.59. The van der Waals surface area contributed by atoms with E-state index in [1.54, 1.807) is 17.0 Å². The topological polar surface area (TPSA) is 158 Å². The monoisotopic (exact) mass is 879 g/mol. The Morgan fingerprint density at radius 2 is 1.72 bits per heavy atom. The van der Waals surface area contributed by atoms with E-state index in [1.165, 1.54) is 0 Å². The zero-order valence-electron chi connectivity index (χ0n) is 37.1. The fourth-order valence-electron chi connectivity index (χ4n) is 9.96. The minimum atomic E-state index is -1.46. The molecule has 3 aromatic carbocycles. The lowest BCUT2D eigenvalue weighted by atomic mass is 9.55. The lowest BCUT2D eigenvalue weighted by Crippen LogP contribution is -2.70. The van der Waals surface area contributed by atoms with E-state index in [-0.39, 0.29) is 50.6 Å². The summed E-state index contributed by atoms with van der Waals surface area (Å²) >= 11 is 0. The van der Waals surface area contributed by atoms with Gasteiger partial charge in [-0.25, -0.2) is 9.59 Å². The van der Waals surface area contributed by atoms with Gasteiger partial charge in [-0.1, -0.05) is 97.7 Å². The van der Waals surface area contributed by atoms with Gasteiger partial charge < -0.3 is 44.1 Å². The number of amides is 2. The van der Waals surface area contributed by atoms with Crippen LogP contribution in [0.25, 0.3) is 0 Å². The van der Waals surface area contributed by atoms with Crippen molar-refractivity contribution in [2.24, 2.45) is 22.9 Å². The molecule has 3 N–H and O–H groups in total. The van der Waals surface area contributed by atoms with E-state index >= 15 is 0 Å². The number of ether oxygens (including phenoxy) is 5. The summed E-state index contributed by atoms with van der Waals surface area (Å²) in [5.41, 5.74) is 4.22. The van der Waals surface area contributed by atoms with Gasteiger partial charge in [0.2, 0.25) is 12.1 Å². The molecule has 0 aromatic heterocycles. The van der Waals surface area contributed by atoms with Gasteiger partial charge in [0.1, 0.15) is 24.1 Å². The Bertz CT molecular complexity index is 2040. The summed E-state index contributed by atoms with van der Waals surface area (Å²) in [4.78, 5) is 35.9. The highest BCUT2D eigenvalue weighted by atomic mass is 16.8. The van der Waals surface area contributed by atoms with Crippen molar-refractivity contribution < 1.29 is 48.3 Å². The quantitative estimate of drug-likeness (QED) is 0.0536. The third kappa shape index (κ3) is 11.2. The summed E-state index contributed by atoms with van der Waals surface area (Å²) in [6.07, 6.45) is 10.3. The molecule has 1 saturated heterocycles. The molecule has 64 heavy (non-hydrogen) atoms. The number of oxime groups is 1. The van der Waals surface area contributed by atoms with Crippen molar-refractivity contribution >= 4 is 17.9 Å². The fourth-order valence-corrected chi connectivity index (χ4v) is 9.96. The Morgan fingerprint density at radius 1 is 0.969 bits per heavy atom. The van der Waals surface area contributed by atoms with Crippen LogP contribution in [0.3, 0.4) is 0 Å². The van der Waals surface area contributed by atoms with Gasteiger partial charge in [-0.15, -0.1) is 6.58 Å². The third-order valence-electron chi connectivity index (χ3n) is 12.8. The van der Waals surface area contributed by atoms with Gasteiger partial charge in [0, 0.05) is 50.6 Å². The molecule has 7 rings (SSSR count). The summed E-state index contributed by atoms with van der Waals surface area (Å²) in [5.74, 6) is -1.38. The van der Waals surface area contributed by atoms with Crippen LogP contribution in [0.15, 0.2) is 108 Å². The molecule has 2 amide bonds. The number of aliphatic hydroxyl groups excluding tert-OH is 2. The zero-order valence-corrected chi connectivity index (χ0v) is 37.1. The third-order valence-corrected chi connectivity index (χ3v) is 12.8. The maximum Gasteiger partial charge on any atom is 0.412 e. The second kappa shape index (κ2) is 23.1. The molecule has 2 fully saturated rings. The van der Waals surface area contributed by atoms with Crippen LogP contribution in [0.4, 0.5) is 9.59 Å². The van der Waals surface area contributed by atoms with Crippen LogP contribution in [-0.4, -0.2) is 84.1 Å². The van der Waals surface area contributed by atoms with Crippen molar-refractivity contribution in [2.45, 2.75) is 115 Å². The molecule has 13 heteroatoms.